The first-order chi connectivity index (χ1) is 14.8. The molecule has 1 aromatic carbocycles. The SMILES string of the molecule is C=C(/C(=C(/C)N=C(C)c1c(CC)cccc1CC)N(CCC)CCC)N(C)C(=O)CO. The van der Waals surface area contributed by atoms with E-state index < -0.39 is 6.61 Å². The molecule has 0 spiro atoms. The Kier molecular flexibility index (Phi) is 11.3. The van der Waals surface area contributed by atoms with Crippen LogP contribution < -0.4 is 0 Å². The summed E-state index contributed by atoms with van der Waals surface area (Å²) in [6.45, 7) is 18.0. The second kappa shape index (κ2) is 13.1. The van der Waals surface area contributed by atoms with Crippen molar-refractivity contribution >= 4 is 11.6 Å². The minimum Gasteiger partial charge on any atom is -0.387 e. The van der Waals surface area contributed by atoms with Gasteiger partial charge in [0.15, 0.2) is 0 Å². The molecule has 5 nitrogen and oxygen atoms in total. The zero-order chi connectivity index (χ0) is 23.6. The zero-order valence-corrected chi connectivity index (χ0v) is 20.6. The summed E-state index contributed by atoms with van der Waals surface area (Å²) in [5, 5.41) is 9.34. The van der Waals surface area contributed by atoms with Gasteiger partial charge in [-0.25, -0.2) is 0 Å². The summed E-state index contributed by atoms with van der Waals surface area (Å²) in [5.74, 6) is -0.381. The van der Waals surface area contributed by atoms with Crippen LogP contribution in [0, 0.1) is 0 Å². The number of benzene rings is 1. The minimum absolute atomic E-state index is 0.381. The van der Waals surface area contributed by atoms with Gasteiger partial charge in [-0.2, -0.15) is 0 Å². The summed E-state index contributed by atoms with van der Waals surface area (Å²) < 4.78 is 0. The molecule has 0 fully saturated rings. The number of aliphatic imine (C=N–C) groups is 1. The fourth-order valence-corrected chi connectivity index (χ4v) is 3.98. The molecule has 0 aliphatic heterocycles. The van der Waals surface area contributed by atoms with E-state index in [-0.39, 0.29) is 5.91 Å². The number of hydrogen-bond acceptors (Lipinski definition) is 4. The van der Waals surface area contributed by atoms with Crippen molar-refractivity contribution in [1.82, 2.24) is 9.80 Å². The molecule has 0 atom stereocenters. The van der Waals surface area contributed by atoms with Crippen molar-refractivity contribution in [2.24, 2.45) is 4.99 Å². The first-order valence-electron chi connectivity index (χ1n) is 11.5. The summed E-state index contributed by atoms with van der Waals surface area (Å²) >= 11 is 0. The molecule has 0 saturated heterocycles. The topological polar surface area (TPSA) is 56.1 Å². The molecule has 0 bridgehead atoms. The molecule has 0 aliphatic carbocycles. The molecule has 1 amide bonds. The largest absolute Gasteiger partial charge is 0.387 e. The van der Waals surface area contributed by atoms with Gasteiger partial charge >= 0.3 is 0 Å². The highest BCUT2D eigenvalue weighted by molar-refractivity contribution is 6.02. The van der Waals surface area contributed by atoms with E-state index in [2.05, 4.69) is 64.3 Å². The minimum atomic E-state index is -0.546. The van der Waals surface area contributed by atoms with Crippen molar-refractivity contribution in [2.45, 2.75) is 67.2 Å². The molecule has 0 heterocycles. The Morgan fingerprint density at radius 2 is 1.55 bits per heavy atom. The molecule has 0 unspecified atom stereocenters. The predicted octanol–water partition coefficient (Wildman–Crippen LogP) is 4.94. The summed E-state index contributed by atoms with van der Waals surface area (Å²) in [4.78, 5) is 20.9. The summed E-state index contributed by atoms with van der Waals surface area (Å²) in [7, 11) is 1.66. The molecule has 1 N–H and O–H groups in total. The van der Waals surface area contributed by atoms with Gasteiger partial charge in [0.05, 0.1) is 17.1 Å². The Morgan fingerprint density at radius 3 is 1.97 bits per heavy atom. The highest BCUT2D eigenvalue weighted by atomic mass is 16.3. The summed E-state index contributed by atoms with van der Waals surface area (Å²) in [5.41, 5.74) is 7.03. The van der Waals surface area contributed by atoms with Gasteiger partial charge in [-0.15, -0.1) is 0 Å². The molecule has 0 saturated carbocycles. The molecule has 5 heteroatoms. The van der Waals surface area contributed by atoms with Crippen LogP contribution in [0.25, 0.3) is 0 Å². The molecule has 31 heavy (non-hydrogen) atoms. The van der Waals surface area contributed by atoms with Crippen LogP contribution in [0.15, 0.2) is 46.9 Å². The number of allylic oxidation sites excluding steroid dienone is 1. The standard InChI is InChI=1S/C26H41N3O2/c1-9-16-29(17-10-2)26(21(7)28(8)24(31)18-30)20(6)27-19(5)25-22(11-3)14-13-15-23(25)12-4/h13-15,30H,7,9-12,16-18H2,1-6,8H3/b26-20+,27-19?. The van der Waals surface area contributed by atoms with Gasteiger partial charge in [0.25, 0.3) is 5.91 Å². The van der Waals surface area contributed by atoms with Crippen LogP contribution in [0.4, 0.5) is 0 Å². The zero-order valence-electron chi connectivity index (χ0n) is 20.6. The molecule has 172 valence electrons. The van der Waals surface area contributed by atoms with Crippen LogP contribution in [-0.2, 0) is 17.6 Å². The summed E-state index contributed by atoms with van der Waals surface area (Å²) in [6.07, 6.45) is 3.85. The lowest BCUT2D eigenvalue weighted by atomic mass is 9.94. The normalized spacial score (nSPS) is 12.5. The van der Waals surface area contributed by atoms with Gasteiger partial charge in [-0.1, -0.05) is 52.5 Å². The monoisotopic (exact) mass is 427 g/mol. The van der Waals surface area contributed by atoms with Crippen LogP contribution in [0.1, 0.15) is 71.1 Å². The van der Waals surface area contributed by atoms with E-state index >= 15 is 0 Å². The third-order valence-electron chi connectivity index (χ3n) is 5.53. The highest BCUT2D eigenvalue weighted by Gasteiger charge is 2.21. The first kappa shape index (κ1) is 26.6. The van der Waals surface area contributed by atoms with Gasteiger partial charge in [0.2, 0.25) is 0 Å². The maximum Gasteiger partial charge on any atom is 0.252 e. The van der Waals surface area contributed by atoms with Gasteiger partial charge in [0, 0.05) is 31.4 Å². The van der Waals surface area contributed by atoms with Gasteiger partial charge in [-0.3, -0.25) is 9.79 Å². The number of carbonyl (C=O) groups is 1. The molecule has 0 radical (unpaired) electrons. The third-order valence-corrected chi connectivity index (χ3v) is 5.53. The second-order valence-electron chi connectivity index (χ2n) is 7.83. The Bertz CT molecular complexity index is 796. The van der Waals surface area contributed by atoms with E-state index in [1.165, 1.54) is 21.6 Å². The highest BCUT2D eigenvalue weighted by Crippen LogP contribution is 2.25. The van der Waals surface area contributed by atoms with Crippen LogP contribution in [0.3, 0.4) is 0 Å². The van der Waals surface area contributed by atoms with Crippen molar-refractivity contribution in [2.75, 3.05) is 26.7 Å². The average molecular weight is 428 g/mol. The van der Waals surface area contributed by atoms with Crippen molar-refractivity contribution in [3.8, 4) is 0 Å². The quantitative estimate of drug-likeness (QED) is 0.380. The maximum absolute atomic E-state index is 12.2. The van der Waals surface area contributed by atoms with Gasteiger partial charge in [-0.05, 0) is 50.7 Å². The Hall–Kier alpha value is -2.40. The molecule has 0 aromatic heterocycles. The lowest BCUT2D eigenvalue weighted by Gasteiger charge is -2.32. The number of aliphatic hydroxyl groups is 1. The average Bonchev–Trinajstić information content (AvgIpc) is 2.77. The Labute approximate surface area is 189 Å². The summed E-state index contributed by atoms with van der Waals surface area (Å²) in [6, 6.07) is 6.45. The van der Waals surface area contributed by atoms with Gasteiger partial charge < -0.3 is 14.9 Å². The van der Waals surface area contributed by atoms with Crippen molar-refractivity contribution in [3.63, 3.8) is 0 Å². The van der Waals surface area contributed by atoms with E-state index in [0.717, 1.165) is 55.9 Å². The maximum atomic E-state index is 12.2. The molecular weight excluding hydrogens is 386 g/mol. The first-order valence-corrected chi connectivity index (χ1v) is 11.5. The van der Waals surface area contributed by atoms with Crippen LogP contribution in [0.2, 0.25) is 0 Å². The second-order valence-corrected chi connectivity index (χ2v) is 7.83. The number of hydrogen-bond donors (Lipinski definition) is 1. The number of aryl methyl sites for hydroxylation is 2. The molecule has 1 aromatic rings. The van der Waals surface area contributed by atoms with Crippen LogP contribution >= 0.6 is 0 Å². The molecular formula is C26H41N3O2. The number of carbonyl (C=O) groups excluding carboxylic acids is 1. The Morgan fingerprint density at radius 1 is 1.03 bits per heavy atom. The van der Waals surface area contributed by atoms with E-state index in [1.54, 1.807) is 7.05 Å². The van der Waals surface area contributed by atoms with E-state index in [0.29, 0.717) is 5.70 Å². The van der Waals surface area contributed by atoms with Crippen LogP contribution in [-0.4, -0.2) is 53.3 Å². The molecule has 1 rings (SSSR count). The van der Waals surface area contributed by atoms with Gasteiger partial charge in [0.1, 0.15) is 6.61 Å². The Balaban J connectivity index is 3.66. The number of amides is 1. The van der Waals surface area contributed by atoms with E-state index in [4.69, 9.17) is 4.99 Å². The molecule has 0 aliphatic rings. The number of nitrogens with zero attached hydrogens (tertiary/aromatic N) is 3. The number of rotatable bonds is 12. The lowest BCUT2D eigenvalue weighted by Crippen LogP contribution is -2.35. The van der Waals surface area contributed by atoms with E-state index in [1.807, 2.05) is 6.92 Å². The number of likely N-dealkylation sites (N-methyl/N-ethyl adjacent to an activating group) is 1. The third kappa shape index (κ3) is 6.79. The van der Waals surface area contributed by atoms with Crippen molar-refractivity contribution in [3.05, 3.63) is 58.6 Å². The fourth-order valence-electron chi connectivity index (χ4n) is 3.98. The smallest absolute Gasteiger partial charge is 0.252 e. The number of aliphatic hydroxyl groups excluding tert-OH is 1. The van der Waals surface area contributed by atoms with Crippen molar-refractivity contribution < 1.29 is 9.90 Å². The lowest BCUT2D eigenvalue weighted by molar-refractivity contribution is -0.131. The van der Waals surface area contributed by atoms with Crippen molar-refractivity contribution in [1.29, 1.82) is 0 Å². The van der Waals surface area contributed by atoms with Crippen LogP contribution in [0.5, 0.6) is 0 Å². The fraction of sp³-hybridized carbons (Fsp3) is 0.538. The predicted molar refractivity (Wildman–Crippen MR) is 131 cm³/mol. The van der Waals surface area contributed by atoms with E-state index in [9.17, 15) is 9.90 Å².